The van der Waals surface area contributed by atoms with Gasteiger partial charge in [-0.05, 0) is 101 Å². The first-order valence-electron chi connectivity index (χ1n) is 18.4. The van der Waals surface area contributed by atoms with Crippen molar-refractivity contribution < 1.29 is 24.2 Å². The Kier molecular flexibility index (Phi) is 9.27. The number of ether oxygens (including phenoxy) is 2. The molecule has 1 fully saturated rings. The molecule has 280 valence electrons. The Hall–Kier alpha value is -4.77. The lowest BCUT2D eigenvalue weighted by Gasteiger charge is -2.35. The highest BCUT2D eigenvalue weighted by atomic mass is 35.5. The van der Waals surface area contributed by atoms with Gasteiger partial charge in [0, 0.05) is 65.4 Å². The SMILES string of the molecule is Cc1cc(OCCCc2c3n(c4c(-c5c(C)nn(C)c5C)c(Cl)ccc24)C(C)CN(c2cccc4cc(C(=O)O)n(CC5CCO5)c24)C3=O)cc(C)c1Cl. The van der Waals surface area contributed by atoms with Gasteiger partial charge in [0.15, 0.2) is 0 Å². The maximum Gasteiger partial charge on any atom is 0.352 e. The van der Waals surface area contributed by atoms with Crippen LogP contribution in [0.15, 0.2) is 48.5 Å². The molecule has 12 heteroatoms. The first-order chi connectivity index (χ1) is 25.8. The molecule has 0 spiro atoms. The second kappa shape index (κ2) is 13.8. The van der Waals surface area contributed by atoms with Crippen LogP contribution in [0.1, 0.15) is 74.9 Å². The van der Waals surface area contributed by atoms with Crippen LogP contribution in [0.2, 0.25) is 10.0 Å². The number of benzene rings is 3. The molecule has 0 bridgehead atoms. The van der Waals surface area contributed by atoms with E-state index in [2.05, 4.69) is 11.5 Å². The third-order valence-corrected chi connectivity index (χ3v) is 12.1. The van der Waals surface area contributed by atoms with Gasteiger partial charge < -0.3 is 28.6 Å². The van der Waals surface area contributed by atoms with Crippen molar-refractivity contribution in [1.29, 1.82) is 0 Å². The van der Waals surface area contributed by atoms with E-state index in [0.717, 1.165) is 72.7 Å². The van der Waals surface area contributed by atoms with Crippen LogP contribution in [0.3, 0.4) is 0 Å². The van der Waals surface area contributed by atoms with Crippen LogP contribution in [-0.2, 0) is 24.8 Å². The molecule has 2 atom stereocenters. The highest BCUT2D eigenvalue weighted by Gasteiger charge is 2.38. The lowest BCUT2D eigenvalue weighted by Crippen LogP contribution is -2.43. The number of aryl methyl sites for hydroxylation is 5. The van der Waals surface area contributed by atoms with Crippen LogP contribution in [-0.4, -0.2) is 61.8 Å². The number of aromatic nitrogens is 4. The monoisotopic (exact) mass is 767 g/mol. The molecule has 10 nitrogen and oxygen atoms in total. The van der Waals surface area contributed by atoms with Crippen LogP contribution in [0.25, 0.3) is 32.9 Å². The molecule has 1 amide bonds. The van der Waals surface area contributed by atoms with Gasteiger partial charge in [-0.25, -0.2) is 4.79 Å². The molecule has 6 aromatic rings. The summed E-state index contributed by atoms with van der Waals surface area (Å²) in [6.07, 6.45) is 2.00. The molecule has 2 unspecified atom stereocenters. The molecule has 2 aliphatic rings. The molecule has 8 rings (SSSR count). The van der Waals surface area contributed by atoms with Gasteiger partial charge in [0.05, 0.1) is 40.1 Å². The van der Waals surface area contributed by atoms with Crippen molar-refractivity contribution >= 4 is 62.6 Å². The van der Waals surface area contributed by atoms with Gasteiger partial charge in [0.25, 0.3) is 5.91 Å². The molecule has 1 N–H and O–H groups in total. The Balaban J connectivity index is 1.27. The summed E-state index contributed by atoms with van der Waals surface area (Å²) in [4.78, 5) is 29.6. The van der Waals surface area contributed by atoms with Gasteiger partial charge in [-0.1, -0.05) is 41.4 Å². The van der Waals surface area contributed by atoms with Gasteiger partial charge in [-0.15, -0.1) is 0 Å². The Morgan fingerprint density at radius 1 is 1.04 bits per heavy atom. The molecule has 0 saturated carbocycles. The highest BCUT2D eigenvalue weighted by molar-refractivity contribution is 6.35. The van der Waals surface area contributed by atoms with Crippen molar-refractivity contribution in [1.82, 2.24) is 18.9 Å². The van der Waals surface area contributed by atoms with Gasteiger partial charge >= 0.3 is 5.97 Å². The Morgan fingerprint density at radius 3 is 2.43 bits per heavy atom. The van der Waals surface area contributed by atoms with Crippen molar-refractivity contribution in [3.05, 3.63) is 98.0 Å². The van der Waals surface area contributed by atoms with Crippen molar-refractivity contribution in [3.8, 4) is 16.9 Å². The molecular weight excluding hydrogens is 725 g/mol. The van der Waals surface area contributed by atoms with Crippen LogP contribution in [0.5, 0.6) is 5.75 Å². The molecule has 3 aromatic carbocycles. The minimum atomic E-state index is -1.02. The zero-order chi connectivity index (χ0) is 38.2. The predicted octanol–water partition coefficient (Wildman–Crippen LogP) is 9.26. The quantitative estimate of drug-likeness (QED) is 0.140. The summed E-state index contributed by atoms with van der Waals surface area (Å²) in [5.74, 6) is -0.411. The number of nitrogens with zero attached hydrogens (tertiary/aromatic N) is 5. The van der Waals surface area contributed by atoms with Gasteiger partial charge in [0.1, 0.15) is 17.1 Å². The Labute approximate surface area is 323 Å². The van der Waals surface area contributed by atoms with E-state index in [0.29, 0.717) is 61.1 Å². The fourth-order valence-electron chi connectivity index (χ4n) is 8.46. The number of carbonyl (C=O) groups excluding carboxylic acids is 1. The number of carbonyl (C=O) groups is 2. The first-order valence-corrected chi connectivity index (χ1v) is 19.2. The molecule has 54 heavy (non-hydrogen) atoms. The lowest BCUT2D eigenvalue weighted by molar-refractivity contribution is -0.0588. The average Bonchev–Trinajstić information content (AvgIpc) is 3.74. The smallest absolute Gasteiger partial charge is 0.352 e. The van der Waals surface area contributed by atoms with Crippen molar-refractivity contribution in [2.45, 2.75) is 72.6 Å². The zero-order valence-electron chi connectivity index (χ0n) is 31.3. The maximum atomic E-state index is 15.2. The maximum absolute atomic E-state index is 15.2. The summed E-state index contributed by atoms with van der Waals surface area (Å²) in [6.45, 7) is 11.9. The number of carboxylic acids is 1. The number of para-hydroxylation sites is 1. The van der Waals surface area contributed by atoms with Crippen molar-refractivity contribution in [2.24, 2.45) is 7.05 Å². The number of fused-ring (bicyclic) bond motifs is 4. The molecule has 2 aliphatic heterocycles. The molecular formula is C42H43Cl2N5O5. The van der Waals surface area contributed by atoms with E-state index in [9.17, 15) is 9.90 Å². The van der Waals surface area contributed by atoms with Crippen molar-refractivity contribution in [2.75, 3.05) is 24.7 Å². The van der Waals surface area contributed by atoms with E-state index in [1.54, 1.807) is 6.07 Å². The number of aromatic carboxylic acids is 1. The van der Waals surface area contributed by atoms with E-state index >= 15 is 4.79 Å². The number of rotatable bonds is 10. The van der Waals surface area contributed by atoms with E-state index in [1.165, 1.54) is 0 Å². The van der Waals surface area contributed by atoms with E-state index in [4.69, 9.17) is 37.8 Å². The summed E-state index contributed by atoms with van der Waals surface area (Å²) >= 11 is 13.5. The van der Waals surface area contributed by atoms with Gasteiger partial charge in [-0.2, -0.15) is 5.10 Å². The van der Waals surface area contributed by atoms with Crippen LogP contribution >= 0.6 is 23.2 Å². The number of amides is 1. The predicted molar refractivity (Wildman–Crippen MR) is 213 cm³/mol. The highest BCUT2D eigenvalue weighted by Crippen LogP contribution is 2.46. The van der Waals surface area contributed by atoms with E-state index in [1.807, 2.05) is 91.4 Å². The number of carboxylic acid groups (broad SMARTS) is 1. The molecule has 1 saturated heterocycles. The number of hydrogen-bond acceptors (Lipinski definition) is 5. The van der Waals surface area contributed by atoms with E-state index < -0.39 is 5.97 Å². The van der Waals surface area contributed by atoms with Crippen LogP contribution in [0, 0.1) is 27.7 Å². The minimum Gasteiger partial charge on any atom is -0.494 e. The fourth-order valence-corrected chi connectivity index (χ4v) is 8.81. The normalized spacial score (nSPS) is 17.0. The summed E-state index contributed by atoms with van der Waals surface area (Å²) in [5.41, 5.74) is 9.57. The van der Waals surface area contributed by atoms with Gasteiger partial charge in [0.2, 0.25) is 0 Å². The molecule has 0 aliphatic carbocycles. The second-order valence-electron chi connectivity index (χ2n) is 14.7. The summed E-state index contributed by atoms with van der Waals surface area (Å²) < 4.78 is 17.8. The Bertz CT molecular complexity index is 2480. The third-order valence-electron chi connectivity index (χ3n) is 11.2. The third kappa shape index (κ3) is 5.86. The first kappa shape index (κ1) is 36.2. The van der Waals surface area contributed by atoms with Crippen LogP contribution < -0.4 is 9.64 Å². The number of halogens is 2. The van der Waals surface area contributed by atoms with Crippen LogP contribution in [0.4, 0.5) is 5.69 Å². The topological polar surface area (TPSA) is 104 Å². The standard InChI is InChI=1S/C42H43Cl2N5O5/c1-22-17-29(18-23(2)37(22)44)53-15-8-10-30-31-12-13-32(43)36(35-25(4)45-46(6)26(35)5)39(31)49-24(3)20-48(41(50)40(30)49)33-11-7-9-27-19-34(42(51)52)47(38(27)33)21-28-14-16-54-28/h7,9,11-13,17-19,24,28H,8,10,14-16,20-21H2,1-6H3,(H,51,52). The average molecular weight is 769 g/mol. The van der Waals surface area contributed by atoms with E-state index in [-0.39, 0.29) is 23.7 Å². The van der Waals surface area contributed by atoms with Crippen molar-refractivity contribution in [3.63, 3.8) is 0 Å². The summed E-state index contributed by atoms with van der Waals surface area (Å²) in [6, 6.07) is 15.1. The van der Waals surface area contributed by atoms with Gasteiger partial charge in [-0.3, -0.25) is 9.48 Å². The molecule has 0 radical (unpaired) electrons. The minimum absolute atomic E-state index is 0.0812. The number of hydrogen-bond donors (Lipinski definition) is 1. The largest absolute Gasteiger partial charge is 0.494 e. The molecule has 5 heterocycles. The summed E-state index contributed by atoms with van der Waals surface area (Å²) in [7, 11) is 1.93. The zero-order valence-corrected chi connectivity index (χ0v) is 32.8. The summed E-state index contributed by atoms with van der Waals surface area (Å²) in [5, 5.41) is 18.0. The molecule has 3 aromatic heterocycles. The number of anilines is 1. The Morgan fingerprint density at radius 2 is 1.78 bits per heavy atom. The second-order valence-corrected chi connectivity index (χ2v) is 15.5. The lowest BCUT2D eigenvalue weighted by atomic mass is 9.98. The fraction of sp³-hybridized carbons (Fsp3) is 0.357.